The average molecular weight is 320 g/mol. The summed E-state index contributed by atoms with van der Waals surface area (Å²) in [6.45, 7) is 0. The van der Waals surface area contributed by atoms with Crippen molar-refractivity contribution < 1.29 is 0 Å². The lowest BCUT2D eigenvalue weighted by Crippen LogP contribution is -2.26. The van der Waals surface area contributed by atoms with Gasteiger partial charge in [-0.3, -0.25) is 4.79 Å². The molecule has 0 fully saturated rings. The van der Waals surface area contributed by atoms with Crippen LogP contribution < -0.4 is 15.0 Å². The topological polar surface area (TPSA) is 50.5 Å². The van der Waals surface area contributed by atoms with E-state index in [1.807, 2.05) is 71.8 Å². The van der Waals surface area contributed by atoms with Gasteiger partial charge in [0.05, 0.1) is 0 Å². The van der Waals surface area contributed by atoms with Gasteiger partial charge >= 0.3 is 0 Å². The van der Waals surface area contributed by atoms with Crippen LogP contribution in [-0.2, 0) is 0 Å². The summed E-state index contributed by atoms with van der Waals surface area (Å²) in [4.78, 5) is 19.1. The normalized spacial score (nSPS) is 11.9. The van der Waals surface area contributed by atoms with Crippen LogP contribution in [0, 0.1) is 0 Å². The van der Waals surface area contributed by atoms with E-state index in [1.54, 1.807) is 0 Å². The van der Waals surface area contributed by atoms with Crippen LogP contribution in [0.15, 0.2) is 71.8 Å². The Morgan fingerprint density at radius 3 is 2.13 bits per heavy atom. The third-order valence-electron chi connectivity index (χ3n) is 3.44. The molecule has 0 aliphatic rings. The molecule has 0 amide bonds. The lowest BCUT2D eigenvalue weighted by Gasteiger charge is -2.20. The summed E-state index contributed by atoms with van der Waals surface area (Å²) < 4.78 is 1.92. The number of para-hydroxylation sites is 2. The monoisotopic (exact) mass is 320 g/mol. The molecule has 4 rings (SSSR count). The van der Waals surface area contributed by atoms with Crippen LogP contribution in [0.3, 0.4) is 0 Å². The van der Waals surface area contributed by atoms with E-state index in [1.165, 1.54) is 22.2 Å². The molecule has 2 aromatic carbocycles. The Balaban J connectivity index is 1.92. The molecule has 0 aliphatic carbocycles. The third-order valence-corrected chi connectivity index (χ3v) is 4.40. The fourth-order valence-corrected chi connectivity index (χ4v) is 3.21. The van der Waals surface area contributed by atoms with Crippen molar-refractivity contribution in [1.29, 1.82) is 0 Å². The molecule has 2 heterocycles. The molecule has 0 N–H and O–H groups in total. The highest BCUT2D eigenvalue weighted by atomic mass is 32.1. The molecule has 0 saturated carbocycles. The van der Waals surface area contributed by atoms with Gasteiger partial charge in [0, 0.05) is 17.6 Å². The van der Waals surface area contributed by atoms with Crippen molar-refractivity contribution in [1.82, 2.24) is 14.6 Å². The fraction of sp³-hybridized carbons (Fsp3) is 0. The maximum Gasteiger partial charge on any atom is 0.292 e. The van der Waals surface area contributed by atoms with Gasteiger partial charge in [-0.15, -0.1) is 0 Å². The number of hydrogen-bond donors (Lipinski definition) is 0. The van der Waals surface area contributed by atoms with Gasteiger partial charge in [-0.25, -0.2) is 4.98 Å². The van der Waals surface area contributed by atoms with E-state index in [-0.39, 0.29) is 5.56 Å². The molecule has 23 heavy (non-hydrogen) atoms. The number of thiazole rings is 1. The molecular weight excluding hydrogens is 308 g/mol. The Hall–Kier alpha value is -2.99. The molecule has 0 bridgehead atoms. The van der Waals surface area contributed by atoms with Crippen molar-refractivity contribution in [3.05, 3.63) is 81.9 Å². The molecule has 0 radical (unpaired) electrons. The van der Waals surface area contributed by atoms with Crippen molar-refractivity contribution in [2.75, 3.05) is 4.90 Å². The standard InChI is InChI=1S/C17H12N4OS/c22-16-15(23-17-18-12-19-21(16)17)11-20(13-7-3-1-4-8-13)14-9-5-2-6-10-14/h1-12H/b15-11-. The molecular formula is C17H12N4OS. The first-order valence-corrected chi connectivity index (χ1v) is 7.88. The van der Waals surface area contributed by atoms with Gasteiger partial charge < -0.3 is 4.90 Å². The number of nitrogens with zero attached hydrogens (tertiary/aromatic N) is 4. The van der Waals surface area contributed by atoms with Crippen LogP contribution in [0.4, 0.5) is 11.4 Å². The smallest absolute Gasteiger partial charge is 0.292 e. The Bertz CT molecular complexity index is 1000. The number of fused-ring (bicyclic) bond motifs is 1. The van der Waals surface area contributed by atoms with E-state index in [0.717, 1.165) is 11.4 Å². The van der Waals surface area contributed by atoms with Gasteiger partial charge in [-0.1, -0.05) is 47.7 Å². The first-order chi connectivity index (χ1) is 11.3. The lowest BCUT2D eigenvalue weighted by atomic mass is 10.2. The molecule has 0 spiro atoms. The maximum absolute atomic E-state index is 12.4. The highest BCUT2D eigenvalue weighted by molar-refractivity contribution is 7.15. The molecule has 0 saturated heterocycles. The maximum atomic E-state index is 12.4. The van der Waals surface area contributed by atoms with Crippen LogP contribution in [-0.4, -0.2) is 14.6 Å². The quantitative estimate of drug-likeness (QED) is 0.582. The minimum atomic E-state index is -0.153. The van der Waals surface area contributed by atoms with E-state index in [0.29, 0.717) is 9.49 Å². The summed E-state index contributed by atoms with van der Waals surface area (Å²) in [6.07, 6.45) is 3.23. The first-order valence-electron chi connectivity index (χ1n) is 7.07. The third kappa shape index (κ3) is 2.49. The van der Waals surface area contributed by atoms with E-state index in [9.17, 15) is 4.79 Å². The predicted molar refractivity (Wildman–Crippen MR) is 91.8 cm³/mol. The number of hydrogen-bond acceptors (Lipinski definition) is 5. The van der Waals surface area contributed by atoms with Crippen LogP contribution in [0.5, 0.6) is 0 Å². The summed E-state index contributed by atoms with van der Waals surface area (Å²) in [5.41, 5.74) is 1.81. The summed E-state index contributed by atoms with van der Waals surface area (Å²) >= 11 is 1.33. The van der Waals surface area contributed by atoms with Crippen LogP contribution in [0.1, 0.15) is 0 Å². The SMILES string of the molecule is O=c1/c(=C/N(c2ccccc2)c2ccccc2)sc2ncnn12. The average Bonchev–Trinajstić information content (AvgIpc) is 3.18. The van der Waals surface area contributed by atoms with Crippen LogP contribution in [0.25, 0.3) is 11.2 Å². The van der Waals surface area contributed by atoms with Crippen LogP contribution in [0.2, 0.25) is 0 Å². The van der Waals surface area contributed by atoms with Crippen LogP contribution >= 0.6 is 11.3 Å². The van der Waals surface area contributed by atoms with E-state index in [2.05, 4.69) is 10.1 Å². The van der Waals surface area contributed by atoms with Crippen molar-refractivity contribution in [2.45, 2.75) is 0 Å². The van der Waals surface area contributed by atoms with Gasteiger partial charge in [0.2, 0.25) is 4.96 Å². The zero-order chi connectivity index (χ0) is 15.6. The molecule has 6 heteroatoms. The lowest BCUT2D eigenvalue weighted by molar-refractivity contribution is 0.931. The van der Waals surface area contributed by atoms with E-state index in [4.69, 9.17) is 0 Å². The molecule has 112 valence electrons. The summed E-state index contributed by atoms with van der Waals surface area (Å²) in [6, 6.07) is 19.8. The molecule has 0 atom stereocenters. The van der Waals surface area contributed by atoms with E-state index >= 15 is 0 Å². The number of rotatable bonds is 3. The predicted octanol–water partition coefficient (Wildman–Crippen LogP) is 2.45. The van der Waals surface area contributed by atoms with Gasteiger partial charge in [-0.2, -0.15) is 9.61 Å². The molecule has 5 nitrogen and oxygen atoms in total. The summed E-state index contributed by atoms with van der Waals surface area (Å²) in [7, 11) is 0. The second kappa shape index (κ2) is 5.66. The second-order valence-electron chi connectivity index (χ2n) is 4.90. The summed E-state index contributed by atoms with van der Waals surface area (Å²) in [5.74, 6) is 0. The largest absolute Gasteiger partial charge is 0.316 e. The van der Waals surface area contributed by atoms with Gasteiger partial charge in [0.15, 0.2) is 0 Å². The summed E-state index contributed by atoms with van der Waals surface area (Å²) in [5, 5.41) is 3.96. The van der Waals surface area contributed by atoms with Gasteiger partial charge in [0.25, 0.3) is 5.56 Å². The van der Waals surface area contributed by atoms with Crippen molar-refractivity contribution in [2.24, 2.45) is 0 Å². The minimum Gasteiger partial charge on any atom is -0.316 e. The number of anilines is 2. The van der Waals surface area contributed by atoms with Gasteiger partial charge in [-0.05, 0) is 24.3 Å². The molecule has 2 aromatic heterocycles. The zero-order valence-electron chi connectivity index (χ0n) is 12.0. The molecule has 0 aliphatic heterocycles. The molecule has 4 aromatic rings. The first kappa shape index (κ1) is 13.7. The Morgan fingerprint density at radius 2 is 1.57 bits per heavy atom. The zero-order valence-corrected chi connectivity index (χ0v) is 12.9. The highest BCUT2D eigenvalue weighted by Crippen LogP contribution is 2.25. The van der Waals surface area contributed by atoms with Crippen molar-refractivity contribution in [3.8, 4) is 0 Å². The second-order valence-corrected chi connectivity index (χ2v) is 5.91. The highest BCUT2D eigenvalue weighted by Gasteiger charge is 2.10. The number of benzene rings is 2. The van der Waals surface area contributed by atoms with Crippen molar-refractivity contribution in [3.63, 3.8) is 0 Å². The van der Waals surface area contributed by atoms with Crippen molar-refractivity contribution >= 4 is 33.9 Å². The van der Waals surface area contributed by atoms with Gasteiger partial charge in [0.1, 0.15) is 10.9 Å². The Labute approximate surface area is 135 Å². The Morgan fingerprint density at radius 1 is 0.957 bits per heavy atom. The number of aromatic nitrogens is 3. The molecule has 0 unspecified atom stereocenters. The van der Waals surface area contributed by atoms with E-state index < -0.39 is 0 Å². The minimum absolute atomic E-state index is 0.153. The Kier molecular flexibility index (Phi) is 3.36. The fourth-order valence-electron chi connectivity index (χ4n) is 2.36.